The third kappa shape index (κ3) is 1.41. The SMILES string of the molecule is Cc1ccc2c(c1C)C(C)(C)C(=O)CC2. The molecule has 0 N–H and O–H groups in total. The molecule has 1 aliphatic carbocycles. The van der Waals surface area contributed by atoms with E-state index in [2.05, 4.69) is 39.8 Å². The van der Waals surface area contributed by atoms with Crippen LogP contribution in [0.15, 0.2) is 12.1 Å². The van der Waals surface area contributed by atoms with Gasteiger partial charge in [0.2, 0.25) is 0 Å². The number of carbonyl (C=O) groups excluding carboxylic acids is 1. The van der Waals surface area contributed by atoms with Crippen molar-refractivity contribution in [2.45, 2.75) is 46.0 Å². The number of Topliss-reactive ketones (excluding diaryl/α,β-unsaturated/α-hetero) is 1. The van der Waals surface area contributed by atoms with E-state index in [0.717, 1.165) is 6.42 Å². The Kier molecular flexibility index (Phi) is 2.22. The van der Waals surface area contributed by atoms with Crippen molar-refractivity contribution in [1.29, 1.82) is 0 Å². The minimum absolute atomic E-state index is 0.288. The third-order valence-corrected chi connectivity index (χ3v) is 3.77. The Morgan fingerprint density at radius 3 is 2.47 bits per heavy atom. The highest BCUT2D eigenvalue weighted by molar-refractivity contribution is 5.92. The summed E-state index contributed by atoms with van der Waals surface area (Å²) in [5, 5.41) is 0. The van der Waals surface area contributed by atoms with Crippen LogP contribution in [-0.2, 0) is 16.6 Å². The third-order valence-electron chi connectivity index (χ3n) is 3.77. The summed E-state index contributed by atoms with van der Waals surface area (Å²) in [4.78, 5) is 11.9. The van der Waals surface area contributed by atoms with E-state index in [1.807, 2.05) is 0 Å². The maximum Gasteiger partial charge on any atom is 0.143 e. The molecule has 1 heteroatoms. The summed E-state index contributed by atoms with van der Waals surface area (Å²) in [5.74, 6) is 0.378. The van der Waals surface area contributed by atoms with E-state index in [9.17, 15) is 4.79 Å². The second-order valence-electron chi connectivity index (χ2n) is 5.09. The largest absolute Gasteiger partial charge is 0.299 e. The van der Waals surface area contributed by atoms with Gasteiger partial charge in [-0.05, 0) is 56.4 Å². The van der Waals surface area contributed by atoms with Crippen molar-refractivity contribution >= 4 is 5.78 Å². The van der Waals surface area contributed by atoms with Gasteiger partial charge in [0, 0.05) is 11.8 Å². The number of hydrogen-bond acceptors (Lipinski definition) is 1. The normalized spacial score (nSPS) is 18.8. The average molecular weight is 202 g/mol. The van der Waals surface area contributed by atoms with Gasteiger partial charge in [-0.15, -0.1) is 0 Å². The van der Waals surface area contributed by atoms with E-state index in [0.29, 0.717) is 12.2 Å². The molecule has 0 spiro atoms. The number of ketones is 1. The summed E-state index contributed by atoms with van der Waals surface area (Å²) >= 11 is 0. The minimum atomic E-state index is -0.288. The fourth-order valence-electron chi connectivity index (χ4n) is 2.65. The number of rotatable bonds is 0. The first kappa shape index (κ1) is 10.4. The molecule has 0 aromatic heterocycles. The predicted octanol–water partition coefficient (Wildman–Crippen LogP) is 3.10. The molecule has 0 amide bonds. The zero-order valence-electron chi connectivity index (χ0n) is 9.98. The summed E-state index contributed by atoms with van der Waals surface area (Å²) < 4.78 is 0. The van der Waals surface area contributed by atoms with Crippen molar-refractivity contribution in [3.05, 3.63) is 34.4 Å². The first-order valence-electron chi connectivity index (χ1n) is 5.57. The van der Waals surface area contributed by atoms with Gasteiger partial charge >= 0.3 is 0 Å². The van der Waals surface area contributed by atoms with E-state index in [4.69, 9.17) is 0 Å². The fraction of sp³-hybridized carbons (Fsp3) is 0.500. The van der Waals surface area contributed by atoms with Gasteiger partial charge in [0.1, 0.15) is 5.78 Å². The second kappa shape index (κ2) is 3.19. The van der Waals surface area contributed by atoms with Crippen molar-refractivity contribution < 1.29 is 4.79 Å². The standard InChI is InChI=1S/C14H18O/c1-9-5-6-11-7-8-12(15)14(3,4)13(11)10(9)2/h5-6H,7-8H2,1-4H3. The Morgan fingerprint density at radius 2 is 1.80 bits per heavy atom. The van der Waals surface area contributed by atoms with Crippen LogP contribution in [0.3, 0.4) is 0 Å². The summed E-state index contributed by atoms with van der Waals surface area (Å²) in [5.41, 5.74) is 4.94. The van der Waals surface area contributed by atoms with Gasteiger partial charge in [0.25, 0.3) is 0 Å². The van der Waals surface area contributed by atoms with Crippen molar-refractivity contribution in [3.8, 4) is 0 Å². The molecule has 0 saturated heterocycles. The van der Waals surface area contributed by atoms with Crippen LogP contribution in [0.2, 0.25) is 0 Å². The van der Waals surface area contributed by atoms with Crippen molar-refractivity contribution in [2.24, 2.45) is 0 Å². The van der Waals surface area contributed by atoms with E-state index >= 15 is 0 Å². The van der Waals surface area contributed by atoms with Gasteiger partial charge < -0.3 is 0 Å². The lowest BCUT2D eigenvalue weighted by Gasteiger charge is -2.33. The van der Waals surface area contributed by atoms with Crippen molar-refractivity contribution in [2.75, 3.05) is 0 Å². The molecular weight excluding hydrogens is 184 g/mol. The van der Waals surface area contributed by atoms with E-state index in [-0.39, 0.29) is 5.41 Å². The Morgan fingerprint density at radius 1 is 1.13 bits per heavy atom. The molecule has 0 unspecified atom stereocenters. The monoisotopic (exact) mass is 202 g/mol. The highest BCUT2D eigenvalue weighted by atomic mass is 16.1. The Bertz CT molecular complexity index is 427. The van der Waals surface area contributed by atoms with Crippen LogP contribution >= 0.6 is 0 Å². The Balaban J connectivity index is 2.72. The lowest BCUT2D eigenvalue weighted by Crippen LogP contribution is -2.35. The zero-order valence-corrected chi connectivity index (χ0v) is 9.98. The molecule has 0 atom stereocenters. The maximum absolute atomic E-state index is 11.9. The molecule has 80 valence electrons. The summed E-state index contributed by atoms with van der Waals surface area (Å²) in [6.07, 6.45) is 1.61. The molecular formula is C14H18O. The highest BCUT2D eigenvalue weighted by Gasteiger charge is 2.36. The zero-order chi connectivity index (χ0) is 11.2. The lowest BCUT2D eigenvalue weighted by atomic mass is 9.69. The Labute approximate surface area is 91.5 Å². The number of aryl methyl sites for hydroxylation is 2. The lowest BCUT2D eigenvalue weighted by molar-refractivity contribution is -0.124. The van der Waals surface area contributed by atoms with Crippen LogP contribution < -0.4 is 0 Å². The van der Waals surface area contributed by atoms with Gasteiger partial charge in [-0.2, -0.15) is 0 Å². The molecule has 0 bridgehead atoms. The maximum atomic E-state index is 11.9. The molecule has 0 fully saturated rings. The van der Waals surface area contributed by atoms with Gasteiger partial charge in [-0.3, -0.25) is 4.79 Å². The van der Waals surface area contributed by atoms with Crippen LogP contribution in [0.5, 0.6) is 0 Å². The Hall–Kier alpha value is -1.11. The first-order chi connectivity index (χ1) is 6.94. The van der Waals surface area contributed by atoms with Gasteiger partial charge in [0.15, 0.2) is 0 Å². The van der Waals surface area contributed by atoms with Gasteiger partial charge in [0.05, 0.1) is 0 Å². The summed E-state index contributed by atoms with van der Waals surface area (Å²) in [6, 6.07) is 4.35. The van der Waals surface area contributed by atoms with E-state index in [1.54, 1.807) is 0 Å². The van der Waals surface area contributed by atoms with Crippen LogP contribution in [0.1, 0.15) is 42.5 Å². The molecule has 0 heterocycles. The van der Waals surface area contributed by atoms with E-state index in [1.165, 1.54) is 22.3 Å². The number of carbonyl (C=O) groups is 1. The molecule has 15 heavy (non-hydrogen) atoms. The van der Waals surface area contributed by atoms with Gasteiger partial charge in [-0.25, -0.2) is 0 Å². The number of benzene rings is 1. The van der Waals surface area contributed by atoms with E-state index < -0.39 is 0 Å². The van der Waals surface area contributed by atoms with Crippen molar-refractivity contribution in [3.63, 3.8) is 0 Å². The topological polar surface area (TPSA) is 17.1 Å². The van der Waals surface area contributed by atoms with Gasteiger partial charge in [-0.1, -0.05) is 12.1 Å². The number of hydrogen-bond donors (Lipinski definition) is 0. The molecule has 0 aliphatic heterocycles. The quantitative estimate of drug-likeness (QED) is 0.632. The minimum Gasteiger partial charge on any atom is -0.299 e. The van der Waals surface area contributed by atoms with Crippen molar-refractivity contribution in [1.82, 2.24) is 0 Å². The first-order valence-corrected chi connectivity index (χ1v) is 5.57. The molecule has 0 saturated carbocycles. The molecule has 1 aromatic rings. The van der Waals surface area contributed by atoms with Crippen LogP contribution in [0.4, 0.5) is 0 Å². The molecule has 1 aliphatic rings. The summed E-state index contributed by atoms with van der Waals surface area (Å²) in [6.45, 7) is 8.36. The molecule has 0 radical (unpaired) electrons. The average Bonchev–Trinajstić information content (AvgIpc) is 2.17. The second-order valence-corrected chi connectivity index (χ2v) is 5.09. The van der Waals surface area contributed by atoms with Crippen LogP contribution in [0, 0.1) is 13.8 Å². The molecule has 1 aromatic carbocycles. The molecule has 2 rings (SSSR count). The number of fused-ring (bicyclic) bond motifs is 1. The van der Waals surface area contributed by atoms with Crippen LogP contribution in [0.25, 0.3) is 0 Å². The predicted molar refractivity (Wildman–Crippen MR) is 62.3 cm³/mol. The molecule has 1 nitrogen and oxygen atoms in total. The highest BCUT2D eigenvalue weighted by Crippen LogP contribution is 2.37. The smallest absolute Gasteiger partial charge is 0.143 e. The fourth-order valence-corrected chi connectivity index (χ4v) is 2.65. The van der Waals surface area contributed by atoms with Crippen LogP contribution in [-0.4, -0.2) is 5.78 Å². The summed E-state index contributed by atoms with van der Waals surface area (Å²) in [7, 11) is 0.